The predicted octanol–water partition coefficient (Wildman–Crippen LogP) is 4.12. The third-order valence-electron chi connectivity index (χ3n) is 3.33. The van der Waals surface area contributed by atoms with Crippen LogP contribution in [-0.2, 0) is 0 Å². The van der Waals surface area contributed by atoms with Gasteiger partial charge in [0.05, 0.1) is 10.7 Å². The Bertz CT molecular complexity index is 341. The number of nitrogens with zero attached hydrogens (tertiary/aromatic N) is 1. The minimum absolute atomic E-state index is 0.769. The largest absolute Gasteiger partial charge is 0.383 e. The molecule has 0 aliphatic heterocycles. The fourth-order valence-corrected chi connectivity index (χ4v) is 2.10. The van der Waals surface area contributed by atoms with Crippen LogP contribution in [0.25, 0.3) is 0 Å². The monoisotopic (exact) mass is 268 g/mol. The second kappa shape index (κ2) is 8.39. The number of halogens is 1. The van der Waals surface area contributed by atoms with Crippen LogP contribution in [0.15, 0.2) is 24.3 Å². The lowest BCUT2D eigenvalue weighted by Crippen LogP contribution is -2.32. The summed E-state index contributed by atoms with van der Waals surface area (Å²) < 4.78 is 0. The van der Waals surface area contributed by atoms with E-state index in [0.717, 1.165) is 36.3 Å². The molecule has 0 spiro atoms. The number of hydrogen-bond donors (Lipinski definition) is 1. The molecular weight excluding hydrogens is 244 g/mol. The molecule has 1 aromatic rings. The van der Waals surface area contributed by atoms with E-state index in [0.29, 0.717) is 0 Å². The Labute approximate surface area is 116 Å². The van der Waals surface area contributed by atoms with Crippen molar-refractivity contribution in [3.05, 3.63) is 29.3 Å². The first-order valence-corrected chi connectivity index (χ1v) is 7.25. The zero-order valence-electron chi connectivity index (χ0n) is 11.7. The van der Waals surface area contributed by atoms with Crippen molar-refractivity contribution in [1.82, 2.24) is 4.90 Å². The zero-order chi connectivity index (χ0) is 13.4. The minimum atomic E-state index is 0.769. The maximum atomic E-state index is 6.10. The van der Waals surface area contributed by atoms with Crippen LogP contribution < -0.4 is 5.32 Å². The molecule has 0 bridgehead atoms. The van der Waals surface area contributed by atoms with E-state index in [2.05, 4.69) is 31.0 Å². The van der Waals surface area contributed by atoms with E-state index in [1.165, 1.54) is 13.0 Å². The first-order chi connectivity index (χ1) is 8.67. The molecule has 3 heteroatoms. The molecule has 1 N–H and O–H groups in total. The molecule has 0 amide bonds. The van der Waals surface area contributed by atoms with Gasteiger partial charge in [0.1, 0.15) is 0 Å². The lowest BCUT2D eigenvalue weighted by atomic mass is 10.1. The lowest BCUT2D eigenvalue weighted by molar-refractivity contribution is 0.254. The standard InChI is InChI=1S/C15H25ClN2/c1-4-13(3)12-18(5-2)11-10-17-15-9-7-6-8-14(15)16/h6-9,13,17H,4-5,10-12H2,1-3H3. The molecule has 0 aromatic heterocycles. The molecule has 0 aliphatic carbocycles. The molecule has 102 valence electrons. The van der Waals surface area contributed by atoms with Crippen LogP contribution in [0.4, 0.5) is 5.69 Å². The van der Waals surface area contributed by atoms with Crippen LogP contribution in [0.1, 0.15) is 27.2 Å². The van der Waals surface area contributed by atoms with Gasteiger partial charge < -0.3 is 10.2 Å². The van der Waals surface area contributed by atoms with Gasteiger partial charge in [0.2, 0.25) is 0 Å². The SMILES string of the molecule is CCC(C)CN(CC)CCNc1ccccc1Cl. The zero-order valence-corrected chi connectivity index (χ0v) is 12.5. The van der Waals surface area contributed by atoms with Crippen LogP contribution in [0.3, 0.4) is 0 Å². The maximum Gasteiger partial charge on any atom is 0.0637 e. The third kappa shape index (κ3) is 5.28. The molecule has 1 aromatic carbocycles. The fraction of sp³-hybridized carbons (Fsp3) is 0.600. The van der Waals surface area contributed by atoms with Gasteiger partial charge in [-0.05, 0) is 24.6 Å². The Morgan fingerprint density at radius 2 is 2.00 bits per heavy atom. The first kappa shape index (κ1) is 15.3. The molecule has 0 radical (unpaired) electrons. The summed E-state index contributed by atoms with van der Waals surface area (Å²) in [5.74, 6) is 0.769. The summed E-state index contributed by atoms with van der Waals surface area (Å²) in [4.78, 5) is 2.48. The van der Waals surface area contributed by atoms with E-state index >= 15 is 0 Å². The van der Waals surface area contributed by atoms with Crippen LogP contribution >= 0.6 is 11.6 Å². The van der Waals surface area contributed by atoms with Crippen LogP contribution in [0.5, 0.6) is 0 Å². The van der Waals surface area contributed by atoms with Gasteiger partial charge in [0.15, 0.2) is 0 Å². The smallest absolute Gasteiger partial charge is 0.0637 e. The van der Waals surface area contributed by atoms with E-state index in [9.17, 15) is 0 Å². The summed E-state index contributed by atoms with van der Waals surface area (Å²) in [6.07, 6.45) is 1.24. The van der Waals surface area contributed by atoms with Gasteiger partial charge in [0.25, 0.3) is 0 Å². The molecular formula is C15H25ClN2. The van der Waals surface area contributed by atoms with Crippen molar-refractivity contribution in [2.24, 2.45) is 5.92 Å². The number of anilines is 1. The number of nitrogens with one attached hydrogen (secondary N) is 1. The van der Waals surface area contributed by atoms with E-state index in [1.807, 2.05) is 24.3 Å². The average molecular weight is 269 g/mol. The highest BCUT2D eigenvalue weighted by molar-refractivity contribution is 6.33. The number of rotatable bonds is 8. The fourth-order valence-electron chi connectivity index (χ4n) is 1.90. The van der Waals surface area contributed by atoms with E-state index in [-0.39, 0.29) is 0 Å². The van der Waals surface area contributed by atoms with Crippen molar-refractivity contribution in [2.75, 3.05) is 31.5 Å². The number of hydrogen-bond acceptors (Lipinski definition) is 2. The van der Waals surface area contributed by atoms with Crippen molar-refractivity contribution in [3.63, 3.8) is 0 Å². The lowest BCUT2D eigenvalue weighted by Gasteiger charge is -2.24. The quantitative estimate of drug-likeness (QED) is 0.763. The molecule has 2 nitrogen and oxygen atoms in total. The highest BCUT2D eigenvalue weighted by atomic mass is 35.5. The highest BCUT2D eigenvalue weighted by Gasteiger charge is 2.07. The molecule has 1 atom stereocenters. The maximum absolute atomic E-state index is 6.10. The first-order valence-electron chi connectivity index (χ1n) is 6.88. The summed E-state index contributed by atoms with van der Waals surface area (Å²) in [5, 5.41) is 4.19. The van der Waals surface area contributed by atoms with Gasteiger partial charge in [0, 0.05) is 19.6 Å². The number of para-hydroxylation sites is 1. The van der Waals surface area contributed by atoms with E-state index in [4.69, 9.17) is 11.6 Å². The molecule has 0 fully saturated rings. The normalized spacial score (nSPS) is 12.7. The Balaban J connectivity index is 2.33. The van der Waals surface area contributed by atoms with Crippen molar-refractivity contribution >= 4 is 17.3 Å². The second-order valence-corrected chi connectivity index (χ2v) is 5.22. The van der Waals surface area contributed by atoms with Gasteiger partial charge in [-0.25, -0.2) is 0 Å². The van der Waals surface area contributed by atoms with E-state index in [1.54, 1.807) is 0 Å². The van der Waals surface area contributed by atoms with Crippen molar-refractivity contribution in [3.8, 4) is 0 Å². The summed E-state index contributed by atoms with van der Waals surface area (Å²) in [5.41, 5.74) is 1.03. The second-order valence-electron chi connectivity index (χ2n) is 4.81. The Morgan fingerprint density at radius 1 is 1.28 bits per heavy atom. The molecule has 1 rings (SSSR count). The van der Waals surface area contributed by atoms with Crippen molar-refractivity contribution in [1.29, 1.82) is 0 Å². The van der Waals surface area contributed by atoms with E-state index < -0.39 is 0 Å². The van der Waals surface area contributed by atoms with Gasteiger partial charge >= 0.3 is 0 Å². The number of likely N-dealkylation sites (N-methyl/N-ethyl adjacent to an activating group) is 1. The number of benzene rings is 1. The summed E-state index contributed by atoms with van der Waals surface area (Å²) in [6, 6.07) is 7.90. The average Bonchev–Trinajstić information content (AvgIpc) is 2.39. The molecule has 0 saturated carbocycles. The molecule has 0 heterocycles. The van der Waals surface area contributed by atoms with Crippen LogP contribution in [0.2, 0.25) is 5.02 Å². The van der Waals surface area contributed by atoms with Gasteiger partial charge in [-0.2, -0.15) is 0 Å². The van der Waals surface area contributed by atoms with Crippen molar-refractivity contribution < 1.29 is 0 Å². The molecule has 0 aliphatic rings. The topological polar surface area (TPSA) is 15.3 Å². The van der Waals surface area contributed by atoms with Gasteiger partial charge in [-0.15, -0.1) is 0 Å². The molecule has 0 saturated heterocycles. The predicted molar refractivity (Wildman–Crippen MR) is 81.5 cm³/mol. The van der Waals surface area contributed by atoms with Crippen LogP contribution in [-0.4, -0.2) is 31.1 Å². The van der Waals surface area contributed by atoms with Crippen molar-refractivity contribution in [2.45, 2.75) is 27.2 Å². The third-order valence-corrected chi connectivity index (χ3v) is 3.66. The Kier molecular flexibility index (Phi) is 7.14. The summed E-state index contributed by atoms with van der Waals surface area (Å²) >= 11 is 6.10. The summed E-state index contributed by atoms with van der Waals surface area (Å²) in [7, 11) is 0. The summed E-state index contributed by atoms with van der Waals surface area (Å²) in [6.45, 7) is 11.1. The molecule has 18 heavy (non-hydrogen) atoms. The van der Waals surface area contributed by atoms with Gasteiger partial charge in [-0.1, -0.05) is 50.9 Å². The van der Waals surface area contributed by atoms with Gasteiger partial charge in [-0.3, -0.25) is 0 Å². The Morgan fingerprint density at radius 3 is 2.61 bits per heavy atom. The molecule has 1 unspecified atom stereocenters. The highest BCUT2D eigenvalue weighted by Crippen LogP contribution is 2.19. The minimum Gasteiger partial charge on any atom is -0.383 e. The Hall–Kier alpha value is -0.730. The van der Waals surface area contributed by atoms with Crippen LogP contribution in [0, 0.1) is 5.92 Å².